The molecule has 178 valence electrons. The summed E-state index contributed by atoms with van der Waals surface area (Å²) in [5.74, 6) is -1.09. The quantitative estimate of drug-likeness (QED) is 0.380. The Bertz CT molecular complexity index is 1150. The number of carbonyl (C=O) groups excluding carboxylic acids is 2. The van der Waals surface area contributed by atoms with E-state index in [2.05, 4.69) is 31.0 Å². The normalized spacial score (nSPS) is 15.6. The topological polar surface area (TPSA) is 125 Å². The molecule has 3 aromatic rings. The molecule has 13 heteroatoms. The molecule has 2 amide bonds. The Morgan fingerprint density at radius 2 is 2.06 bits per heavy atom. The third-order valence-corrected chi connectivity index (χ3v) is 5.45. The number of nitrogens with one attached hydrogen (secondary N) is 3. The lowest BCUT2D eigenvalue weighted by atomic mass is 10.1. The minimum Gasteiger partial charge on any atom is -0.442 e. The van der Waals surface area contributed by atoms with Crippen molar-refractivity contribution in [3.63, 3.8) is 0 Å². The molecule has 0 spiro atoms. The van der Waals surface area contributed by atoms with Crippen LogP contribution in [0.5, 0.6) is 0 Å². The van der Waals surface area contributed by atoms with Crippen LogP contribution in [0.3, 0.4) is 0 Å². The molecule has 0 saturated carbocycles. The molecule has 1 fully saturated rings. The van der Waals surface area contributed by atoms with Crippen molar-refractivity contribution in [2.45, 2.75) is 24.0 Å². The molecule has 34 heavy (non-hydrogen) atoms. The highest BCUT2D eigenvalue weighted by Gasteiger charge is 2.33. The van der Waals surface area contributed by atoms with Crippen LogP contribution in [0.25, 0.3) is 11.1 Å². The minimum absolute atomic E-state index is 0.0447. The first-order valence-electron chi connectivity index (χ1n) is 10.2. The molecular weight excluding hydrogens is 488 g/mol. The molecular formula is C21H20Cl2FN7O3. The third kappa shape index (κ3) is 5.79. The maximum atomic E-state index is 14.9. The fourth-order valence-electron chi connectivity index (χ4n) is 3.35. The number of aromatic nitrogens is 4. The van der Waals surface area contributed by atoms with E-state index in [-0.39, 0.29) is 13.1 Å². The second-order valence-corrected chi connectivity index (χ2v) is 8.53. The number of H-pyrrole nitrogens is 1. The summed E-state index contributed by atoms with van der Waals surface area (Å²) in [6.07, 6.45) is 1.98. The summed E-state index contributed by atoms with van der Waals surface area (Å²) < 4.78 is 20.1. The van der Waals surface area contributed by atoms with Crippen molar-refractivity contribution in [1.29, 1.82) is 0 Å². The van der Waals surface area contributed by atoms with Gasteiger partial charge in [-0.1, -0.05) is 29.3 Å². The highest BCUT2D eigenvalue weighted by Crippen LogP contribution is 2.29. The molecule has 10 nitrogen and oxygen atoms in total. The van der Waals surface area contributed by atoms with E-state index in [1.165, 1.54) is 11.0 Å². The molecule has 0 bridgehead atoms. The third-order valence-electron chi connectivity index (χ3n) is 5.05. The van der Waals surface area contributed by atoms with Crippen LogP contribution in [0.4, 0.5) is 14.9 Å². The van der Waals surface area contributed by atoms with Crippen LogP contribution in [-0.4, -0.2) is 56.4 Å². The van der Waals surface area contributed by atoms with Gasteiger partial charge in [0.1, 0.15) is 11.9 Å². The average molecular weight is 508 g/mol. The zero-order chi connectivity index (χ0) is 24.1. The maximum Gasteiger partial charge on any atom is 0.414 e. The van der Waals surface area contributed by atoms with Crippen LogP contribution in [0.1, 0.15) is 11.4 Å². The fourth-order valence-corrected chi connectivity index (χ4v) is 3.51. The lowest BCUT2D eigenvalue weighted by molar-refractivity contribution is -0.119. The zero-order valence-corrected chi connectivity index (χ0v) is 19.2. The van der Waals surface area contributed by atoms with Crippen LogP contribution in [0, 0.1) is 5.82 Å². The molecule has 1 saturated heterocycles. The van der Waals surface area contributed by atoms with Gasteiger partial charge in [0.15, 0.2) is 4.84 Å². The summed E-state index contributed by atoms with van der Waals surface area (Å²) in [6, 6.07) is 8.06. The Hall–Kier alpha value is -3.28. The first-order chi connectivity index (χ1) is 16.4. The summed E-state index contributed by atoms with van der Waals surface area (Å²) in [5, 5.41) is 15.9. The van der Waals surface area contributed by atoms with E-state index in [0.29, 0.717) is 29.9 Å². The Balaban J connectivity index is 1.36. The van der Waals surface area contributed by atoms with Crippen molar-refractivity contribution in [3.05, 3.63) is 59.9 Å². The van der Waals surface area contributed by atoms with Crippen LogP contribution in [-0.2, 0) is 22.6 Å². The van der Waals surface area contributed by atoms with Crippen molar-refractivity contribution < 1.29 is 18.7 Å². The van der Waals surface area contributed by atoms with Crippen LogP contribution in [0.2, 0.25) is 0 Å². The van der Waals surface area contributed by atoms with Gasteiger partial charge in [0.25, 0.3) is 5.91 Å². The number of ether oxygens (including phenoxy) is 1. The van der Waals surface area contributed by atoms with Crippen molar-refractivity contribution in [2.24, 2.45) is 0 Å². The van der Waals surface area contributed by atoms with Crippen LogP contribution in [0.15, 0.2) is 42.7 Å². The number of anilines is 1. The van der Waals surface area contributed by atoms with E-state index >= 15 is 0 Å². The maximum absolute atomic E-state index is 14.9. The molecule has 1 atom stereocenters. The lowest BCUT2D eigenvalue weighted by Gasteiger charge is -2.15. The minimum atomic E-state index is -1.21. The standard InChI is InChI=1S/C21H20Cl2FN7O3/c22-19(23)20(32)27-10-16-11-31(21(33)34-16)15-3-4-17(18(24)5-15)12-1-2-13(26-6-12)7-25-8-14-9-28-30-29-14/h1-6,9,16,19,25H,7-8,10-11H2,(H,27,32)(H,28,29,30)/t16-/m0/s1. The number of nitrogens with zero attached hydrogens (tertiary/aromatic N) is 4. The molecule has 0 aliphatic carbocycles. The molecule has 4 rings (SSSR count). The number of hydrogen-bond donors (Lipinski definition) is 3. The number of carbonyl (C=O) groups is 2. The number of rotatable bonds is 9. The van der Waals surface area contributed by atoms with Gasteiger partial charge in [0.05, 0.1) is 36.4 Å². The van der Waals surface area contributed by atoms with Crippen LogP contribution < -0.4 is 15.5 Å². The Morgan fingerprint density at radius 3 is 2.74 bits per heavy atom. The van der Waals surface area contributed by atoms with Gasteiger partial charge in [-0.05, 0) is 24.3 Å². The van der Waals surface area contributed by atoms with Gasteiger partial charge in [-0.3, -0.25) is 14.7 Å². The zero-order valence-electron chi connectivity index (χ0n) is 17.7. The van der Waals surface area contributed by atoms with Gasteiger partial charge in [0.2, 0.25) is 0 Å². The molecule has 2 aromatic heterocycles. The number of cyclic esters (lactones) is 1. The number of alkyl halides is 2. The SMILES string of the molecule is O=C(NC[C@H]1CN(c2ccc(-c3ccc(CNCc4cn[nH]n4)nc3)c(F)c2)C(=O)O1)C(Cl)Cl. The van der Waals surface area contributed by atoms with Crippen molar-refractivity contribution in [3.8, 4) is 11.1 Å². The van der Waals surface area contributed by atoms with E-state index in [4.69, 9.17) is 27.9 Å². The van der Waals surface area contributed by atoms with E-state index in [9.17, 15) is 14.0 Å². The molecule has 3 N–H and O–H groups in total. The number of benzene rings is 1. The van der Waals surface area contributed by atoms with E-state index < -0.39 is 28.8 Å². The van der Waals surface area contributed by atoms with E-state index in [1.807, 2.05) is 0 Å². The highest BCUT2D eigenvalue weighted by atomic mass is 35.5. The smallest absolute Gasteiger partial charge is 0.414 e. The van der Waals surface area contributed by atoms with Crippen molar-refractivity contribution in [2.75, 3.05) is 18.0 Å². The Morgan fingerprint density at radius 1 is 1.24 bits per heavy atom. The predicted octanol–water partition coefficient (Wildman–Crippen LogP) is 2.54. The van der Waals surface area contributed by atoms with Crippen molar-refractivity contribution in [1.82, 2.24) is 31.0 Å². The van der Waals surface area contributed by atoms with Gasteiger partial charge >= 0.3 is 6.09 Å². The molecule has 1 aliphatic rings. The summed E-state index contributed by atoms with van der Waals surface area (Å²) in [4.78, 5) is 28.2. The number of hydrogen-bond acceptors (Lipinski definition) is 7. The molecule has 3 heterocycles. The summed E-state index contributed by atoms with van der Waals surface area (Å²) >= 11 is 11.0. The van der Waals surface area contributed by atoms with Gasteiger partial charge in [-0.2, -0.15) is 15.4 Å². The number of aromatic amines is 1. The van der Waals surface area contributed by atoms with Gasteiger partial charge in [-0.15, -0.1) is 0 Å². The number of amides is 2. The lowest BCUT2D eigenvalue weighted by Crippen LogP contribution is -2.37. The fraction of sp³-hybridized carbons (Fsp3) is 0.286. The monoisotopic (exact) mass is 507 g/mol. The molecule has 1 aliphatic heterocycles. The summed E-state index contributed by atoms with van der Waals surface area (Å²) in [5.41, 5.74) is 2.87. The highest BCUT2D eigenvalue weighted by molar-refractivity contribution is 6.53. The first kappa shape index (κ1) is 23.9. The molecule has 0 radical (unpaired) electrons. The second kappa shape index (κ2) is 10.8. The Kier molecular flexibility index (Phi) is 7.56. The Labute approximate surface area is 203 Å². The largest absolute Gasteiger partial charge is 0.442 e. The number of halogens is 3. The summed E-state index contributed by atoms with van der Waals surface area (Å²) in [7, 11) is 0. The van der Waals surface area contributed by atoms with Gasteiger partial charge in [0, 0.05) is 30.4 Å². The van der Waals surface area contributed by atoms with Gasteiger partial charge < -0.3 is 15.4 Å². The first-order valence-corrected chi connectivity index (χ1v) is 11.1. The number of pyridine rings is 1. The van der Waals surface area contributed by atoms with Gasteiger partial charge in [-0.25, -0.2) is 9.18 Å². The average Bonchev–Trinajstić information content (AvgIpc) is 3.47. The predicted molar refractivity (Wildman–Crippen MR) is 123 cm³/mol. The van der Waals surface area contributed by atoms with E-state index in [1.54, 1.807) is 36.7 Å². The second-order valence-electron chi connectivity index (χ2n) is 7.43. The summed E-state index contributed by atoms with van der Waals surface area (Å²) in [6.45, 7) is 1.25. The van der Waals surface area contributed by atoms with Crippen LogP contribution >= 0.6 is 23.2 Å². The molecule has 1 aromatic carbocycles. The molecule has 0 unspecified atom stereocenters. The van der Waals surface area contributed by atoms with E-state index in [0.717, 1.165) is 11.4 Å². The van der Waals surface area contributed by atoms with Crippen molar-refractivity contribution >= 4 is 40.9 Å².